The average Bonchev–Trinajstić information content (AvgIpc) is 3.23. The van der Waals surface area contributed by atoms with Crippen molar-refractivity contribution in [1.29, 1.82) is 0 Å². The minimum Gasteiger partial charge on any atom is -0.495 e. The quantitative estimate of drug-likeness (QED) is 0.766. The van der Waals surface area contributed by atoms with Crippen LogP contribution in [-0.2, 0) is 14.3 Å². The van der Waals surface area contributed by atoms with Crippen molar-refractivity contribution in [2.45, 2.75) is 18.9 Å². The van der Waals surface area contributed by atoms with Gasteiger partial charge in [0.2, 0.25) is 5.91 Å². The Morgan fingerprint density at radius 1 is 1.18 bits per heavy atom. The van der Waals surface area contributed by atoms with Crippen molar-refractivity contribution < 1.29 is 23.8 Å². The van der Waals surface area contributed by atoms with Crippen molar-refractivity contribution in [3.63, 3.8) is 0 Å². The van der Waals surface area contributed by atoms with Crippen molar-refractivity contribution in [2.24, 2.45) is 0 Å². The van der Waals surface area contributed by atoms with E-state index in [4.69, 9.17) is 25.8 Å². The van der Waals surface area contributed by atoms with Gasteiger partial charge >= 0.3 is 0 Å². The standard InChI is InChI=1S/C19H26ClN3O5/c1-26-16-11-17(27-2)14(10-13(16)20)21-18(24)12-22-5-7-23(8-6-22)19(25)15-4-3-9-28-15/h10-11,15H,3-9,12H2,1-2H3,(H,21,24). The third-order valence-corrected chi connectivity index (χ3v) is 5.30. The Hall–Kier alpha value is -2.03. The lowest BCUT2D eigenvalue weighted by Gasteiger charge is -2.35. The summed E-state index contributed by atoms with van der Waals surface area (Å²) >= 11 is 6.14. The van der Waals surface area contributed by atoms with Gasteiger partial charge in [-0.05, 0) is 18.9 Å². The third-order valence-electron chi connectivity index (χ3n) is 5.00. The summed E-state index contributed by atoms with van der Waals surface area (Å²) in [5, 5.41) is 3.22. The van der Waals surface area contributed by atoms with Crippen LogP contribution in [0.1, 0.15) is 12.8 Å². The number of rotatable bonds is 6. The molecule has 3 rings (SSSR count). The van der Waals surface area contributed by atoms with Crippen LogP contribution in [0.15, 0.2) is 12.1 Å². The number of hydrogen-bond donors (Lipinski definition) is 1. The minimum atomic E-state index is -0.290. The molecule has 28 heavy (non-hydrogen) atoms. The molecule has 0 saturated carbocycles. The number of piperazine rings is 1. The SMILES string of the molecule is COc1cc(OC)c(NC(=O)CN2CCN(C(=O)C3CCCO3)CC2)cc1Cl. The predicted octanol–water partition coefficient (Wildman–Crippen LogP) is 1.62. The van der Waals surface area contributed by atoms with E-state index in [0.29, 0.717) is 55.0 Å². The number of carbonyl (C=O) groups excluding carboxylic acids is 2. The number of amides is 2. The van der Waals surface area contributed by atoms with E-state index in [9.17, 15) is 9.59 Å². The second kappa shape index (κ2) is 9.45. The van der Waals surface area contributed by atoms with E-state index in [1.165, 1.54) is 14.2 Å². The number of methoxy groups -OCH3 is 2. The van der Waals surface area contributed by atoms with Crippen LogP contribution in [0.5, 0.6) is 11.5 Å². The summed E-state index contributed by atoms with van der Waals surface area (Å²) in [6, 6.07) is 3.24. The lowest BCUT2D eigenvalue weighted by Crippen LogP contribution is -2.52. The first kappa shape index (κ1) is 20.7. The molecular formula is C19H26ClN3O5. The zero-order valence-corrected chi connectivity index (χ0v) is 17.0. The summed E-state index contributed by atoms with van der Waals surface area (Å²) < 4.78 is 15.9. The molecule has 0 bridgehead atoms. The van der Waals surface area contributed by atoms with E-state index in [1.54, 1.807) is 12.1 Å². The van der Waals surface area contributed by atoms with Crippen molar-refractivity contribution in [1.82, 2.24) is 9.80 Å². The molecule has 0 aromatic heterocycles. The van der Waals surface area contributed by atoms with Crippen LogP contribution >= 0.6 is 11.6 Å². The van der Waals surface area contributed by atoms with Crippen LogP contribution in [-0.4, -0.2) is 81.3 Å². The molecule has 2 aliphatic rings. The highest BCUT2D eigenvalue weighted by atomic mass is 35.5. The molecule has 2 saturated heterocycles. The van der Waals surface area contributed by atoms with Crippen molar-refractivity contribution >= 4 is 29.1 Å². The summed E-state index contributed by atoms with van der Waals surface area (Å²) in [5.41, 5.74) is 0.491. The topological polar surface area (TPSA) is 80.3 Å². The Kier molecular flexibility index (Phi) is 6.98. The number of carbonyl (C=O) groups is 2. The third kappa shape index (κ3) is 4.87. The number of anilines is 1. The molecule has 0 spiro atoms. The summed E-state index contributed by atoms with van der Waals surface area (Å²) in [4.78, 5) is 28.7. The zero-order valence-electron chi connectivity index (χ0n) is 16.2. The molecule has 2 amide bonds. The highest BCUT2D eigenvalue weighted by molar-refractivity contribution is 6.32. The van der Waals surface area contributed by atoms with Crippen molar-refractivity contribution in [3.05, 3.63) is 17.2 Å². The summed E-state index contributed by atoms with van der Waals surface area (Å²) in [7, 11) is 3.03. The summed E-state index contributed by atoms with van der Waals surface area (Å²) in [6.07, 6.45) is 1.45. The Morgan fingerprint density at radius 3 is 2.50 bits per heavy atom. The Bertz CT molecular complexity index is 716. The monoisotopic (exact) mass is 411 g/mol. The average molecular weight is 412 g/mol. The molecule has 1 unspecified atom stereocenters. The number of nitrogens with one attached hydrogen (secondary N) is 1. The maximum Gasteiger partial charge on any atom is 0.251 e. The summed E-state index contributed by atoms with van der Waals surface area (Å²) in [6.45, 7) is 3.39. The fraction of sp³-hybridized carbons (Fsp3) is 0.579. The fourth-order valence-electron chi connectivity index (χ4n) is 3.45. The van der Waals surface area contributed by atoms with Crippen LogP contribution < -0.4 is 14.8 Å². The van der Waals surface area contributed by atoms with Gasteiger partial charge in [-0.1, -0.05) is 11.6 Å². The van der Waals surface area contributed by atoms with Crippen LogP contribution in [0.25, 0.3) is 0 Å². The Morgan fingerprint density at radius 2 is 1.89 bits per heavy atom. The first-order chi connectivity index (χ1) is 13.5. The highest BCUT2D eigenvalue weighted by Gasteiger charge is 2.30. The molecule has 9 heteroatoms. The van der Waals surface area contributed by atoms with E-state index < -0.39 is 0 Å². The lowest BCUT2D eigenvalue weighted by molar-refractivity contribution is -0.142. The van der Waals surface area contributed by atoms with Gasteiger partial charge in [-0.3, -0.25) is 14.5 Å². The summed E-state index contributed by atoms with van der Waals surface area (Å²) in [5.74, 6) is 0.850. The van der Waals surface area contributed by atoms with E-state index in [2.05, 4.69) is 5.32 Å². The smallest absolute Gasteiger partial charge is 0.251 e. The van der Waals surface area contributed by atoms with Crippen molar-refractivity contribution in [3.8, 4) is 11.5 Å². The largest absolute Gasteiger partial charge is 0.495 e. The molecule has 2 heterocycles. The molecule has 2 aliphatic heterocycles. The van der Waals surface area contributed by atoms with Crippen LogP contribution in [0.3, 0.4) is 0 Å². The fourth-order valence-corrected chi connectivity index (χ4v) is 3.69. The number of halogens is 1. The molecule has 1 aromatic carbocycles. The second-order valence-electron chi connectivity index (χ2n) is 6.84. The molecule has 2 fully saturated rings. The van der Waals surface area contributed by atoms with Crippen LogP contribution in [0.4, 0.5) is 5.69 Å². The van der Waals surface area contributed by atoms with Gasteiger partial charge in [-0.15, -0.1) is 0 Å². The van der Waals surface area contributed by atoms with Crippen LogP contribution in [0.2, 0.25) is 5.02 Å². The normalized spacial score (nSPS) is 20.1. The number of benzene rings is 1. The molecule has 1 aromatic rings. The Balaban J connectivity index is 1.51. The van der Waals surface area contributed by atoms with E-state index in [-0.39, 0.29) is 24.5 Å². The van der Waals surface area contributed by atoms with Crippen molar-refractivity contribution in [2.75, 3.05) is 58.9 Å². The number of hydrogen-bond acceptors (Lipinski definition) is 6. The second-order valence-corrected chi connectivity index (χ2v) is 7.25. The molecular weight excluding hydrogens is 386 g/mol. The van der Waals surface area contributed by atoms with Gasteiger partial charge in [0, 0.05) is 38.9 Å². The molecule has 0 aliphatic carbocycles. The van der Waals surface area contributed by atoms with Gasteiger partial charge in [0.25, 0.3) is 5.91 Å². The van der Waals surface area contributed by atoms with E-state index in [0.717, 1.165) is 12.8 Å². The molecule has 1 N–H and O–H groups in total. The Labute approximate surface area is 169 Å². The zero-order chi connectivity index (χ0) is 20.1. The maximum atomic E-state index is 12.5. The van der Waals surface area contributed by atoms with Gasteiger partial charge in [-0.2, -0.15) is 0 Å². The first-order valence-corrected chi connectivity index (χ1v) is 9.73. The molecule has 0 radical (unpaired) electrons. The minimum absolute atomic E-state index is 0.0687. The predicted molar refractivity (Wildman–Crippen MR) is 105 cm³/mol. The molecule has 1 atom stereocenters. The maximum absolute atomic E-state index is 12.5. The highest BCUT2D eigenvalue weighted by Crippen LogP contribution is 2.35. The van der Waals surface area contributed by atoms with Gasteiger partial charge in [0.1, 0.15) is 17.6 Å². The van der Waals surface area contributed by atoms with E-state index in [1.807, 2.05) is 9.80 Å². The van der Waals surface area contributed by atoms with Gasteiger partial charge < -0.3 is 24.4 Å². The van der Waals surface area contributed by atoms with Gasteiger partial charge in [-0.25, -0.2) is 0 Å². The van der Waals surface area contributed by atoms with Gasteiger partial charge in [0.05, 0.1) is 31.5 Å². The molecule has 8 nitrogen and oxygen atoms in total. The lowest BCUT2D eigenvalue weighted by atomic mass is 10.2. The molecule has 154 valence electrons. The van der Waals surface area contributed by atoms with Gasteiger partial charge in [0.15, 0.2) is 0 Å². The first-order valence-electron chi connectivity index (χ1n) is 9.36. The number of nitrogens with zero attached hydrogens (tertiary/aromatic N) is 2. The van der Waals surface area contributed by atoms with E-state index >= 15 is 0 Å². The number of ether oxygens (including phenoxy) is 3. The van der Waals surface area contributed by atoms with Crippen LogP contribution in [0, 0.1) is 0 Å².